The van der Waals surface area contributed by atoms with Crippen molar-refractivity contribution >= 4 is 18.3 Å². The monoisotopic (exact) mass is 402 g/mol. The minimum Gasteiger partial charge on any atom is -0.483 e. The van der Waals surface area contributed by atoms with Crippen LogP contribution in [-0.2, 0) is 20.8 Å². The van der Waals surface area contributed by atoms with Crippen molar-refractivity contribution in [3.05, 3.63) is 42.2 Å². The molecule has 3 rings (SSSR count). The Bertz CT molecular complexity index is 695. The molecule has 2 atom stereocenters. The second-order valence-electron chi connectivity index (χ2n) is 7.45. The molecule has 29 heavy (non-hydrogen) atoms. The van der Waals surface area contributed by atoms with E-state index in [-0.39, 0.29) is 30.2 Å². The van der Waals surface area contributed by atoms with Crippen LogP contribution in [0.3, 0.4) is 0 Å². The maximum Gasteiger partial charge on any atom is 0.290 e. The van der Waals surface area contributed by atoms with E-state index in [9.17, 15) is 9.59 Å². The van der Waals surface area contributed by atoms with Crippen molar-refractivity contribution in [2.75, 3.05) is 33.2 Å². The van der Waals surface area contributed by atoms with Gasteiger partial charge < -0.3 is 20.2 Å². The van der Waals surface area contributed by atoms with Gasteiger partial charge in [-0.25, -0.2) is 0 Å². The second-order valence-corrected chi connectivity index (χ2v) is 7.45. The summed E-state index contributed by atoms with van der Waals surface area (Å²) in [5.74, 6) is 0.289. The van der Waals surface area contributed by atoms with Crippen molar-refractivity contribution < 1.29 is 19.5 Å². The Morgan fingerprint density at radius 3 is 2.76 bits per heavy atom. The molecule has 0 spiro atoms. The Morgan fingerprint density at radius 2 is 2.10 bits per heavy atom. The van der Waals surface area contributed by atoms with Gasteiger partial charge >= 0.3 is 0 Å². The van der Waals surface area contributed by atoms with E-state index in [1.165, 1.54) is 0 Å². The van der Waals surface area contributed by atoms with Gasteiger partial charge in [0.2, 0.25) is 11.8 Å². The maximum absolute atomic E-state index is 12.8. The van der Waals surface area contributed by atoms with Gasteiger partial charge in [0.15, 0.2) is 0 Å². The van der Waals surface area contributed by atoms with E-state index in [1.54, 1.807) is 12.4 Å². The topological polar surface area (TPSA) is 103 Å². The number of nitrogens with zero attached hydrogens (tertiary/aromatic N) is 3. The fourth-order valence-corrected chi connectivity index (χ4v) is 3.80. The molecule has 0 unspecified atom stereocenters. The highest BCUT2D eigenvalue weighted by molar-refractivity contribution is 5.80. The van der Waals surface area contributed by atoms with Gasteiger partial charge in [0.1, 0.15) is 0 Å². The summed E-state index contributed by atoms with van der Waals surface area (Å²) >= 11 is 0. The minimum absolute atomic E-state index is 0.0161. The molecular weight excluding hydrogens is 372 g/mol. The predicted molar refractivity (Wildman–Crippen MR) is 109 cm³/mol. The van der Waals surface area contributed by atoms with Crippen molar-refractivity contribution in [3.8, 4) is 0 Å². The summed E-state index contributed by atoms with van der Waals surface area (Å²) in [6.07, 6.45) is 10.6. The number of amides is 2. The first-order valence-electron chi connectivity index (χ1n) is 9.92. The molecule has 0 bridgehead atoms. The third-order valence-corrected chi connectivity index (χ3v) is 5.10. The fourth-order valence-electron chi connectivity index (χ4n) is 3.80. The molecule has 158 valence electrons. The van der Waals surface area contributed by atoms with Crippen molar-refractivity contribution in [3.63, 3.8) is 0 Å². The van der Waals surface area contributed by atoms with Gasteiger partial charge in [0.25, 0.3) is 6.47 Å². The van der Waals surface area contributed by atoms with E-state index in [4.69, 9.17) is 9.90 Å². The van der Waals surface area contributed by atoms with Crippen LogP contribution in [0.15, 0.2) is 36.7 Å². The Morgan fingerprint density at radius 1 is 1.31 bits per heavy atom. The van der Waals surface area contributed by atoms with Gasteiger partial charge in [-0.1, -0.05) is 18.2 Å². The van der Waals surface area contributed by atoms with E-state index in [0.29, 0.717) is 6.42 Å². The zero-order valence-electron chi connectivity index (χ0n) is 16.9. The molecular formula is C21H30N4O4. The molecule has 2 amide bonds. The highest BCUT2D eigenvalue weighted by Crippen LogP contribution is 2.19. The molecule has 1 aromatic heterocycles. The Hall–Kier alpha value is -2.74. The summed E-state index contributed by atoms with van der Waals surface area (Å²) in [5, 5.41) is 10.0. The summed E-state index contributed by atoms with van der Waals surface area (Å²) in [5.41, 5.74) is 0.915. The zero-order valence-corrected chi connectivity index (χ0v) is 16.9. The van der Waals surface area contributed by atoms with Crippen LogP contribution in [-0.4, -0.2) is 77.4 Å². The lowest BCUT2D eigenvalue weighted by Gasteiger charge is -2.28. The summed E-state index contributed by atoms with van der Waals surface area (Å²) < 4.78 is 0. The van der Waals surface area contributed by atoms with Gasteiger partial charge in [-0.3, -0.25) is 19.4 Å². The van der Waals surface area contributed by atoms with Crippen molar-refractivity contribution in [2.45, 2.75) is 31.7 Å². The molecule has 0 saturated carbocycles. The van der Waals surface area contributed by atoms with E-state index in [0.717, 1.165) is 51.0 Å². The van der Waals surface area contributed by atoms with E-state index < -0.39 is 0 Å². The lowest BCUT2D eigenvalue weighted by Crippen LogP contribution is -2.43. The molecule has 3 heterocycles. The average Bonchev–Trinajstić information content (AvgIpc) is 2.90. The zero-order chi connectivity index (χ0) is 21.1. The highest BCUT2D eigenvalue weighted by atomic mass is 16.3. The molecule has 0 radical (unpaired) electrons. The standard InChI is InChI=1S/C20H28N4O2.CH2O2/c1-23-14-17(20(26)24-10-3-2-4-11-24)7-8-18(15-23)22-19(25)12-16-6-5-9-21-13-16;2-1-3/h2-3,5-6,9,13,17-18H,4,7-8,10-12,14-15H2,1H3,(H,22,25);1H,(H,2,3)/t17-,18+;/m1./s1. The highest BCUT2D eigenvalue weighted by Gasteiger charge is 2.30. The first-order valence-corrected chi connectivity index (χ1v) is 9.92. The number of hydrogen-bond donors (Lipinski definition) is 2. The maximum atomic E-state index is 12.8. The van der Waals surface area contributed by atoms with Crippen molar-refractivity contribution in [1.82, 2.24) is 20.1 Å². The number of likely N-dealkylation sites (tertiary alicyclic amines) is 1. The third kappa shape index (κ3) is 7.65. The minimum atomic E-state index is -0.250. The number of likely N-dealkylation sites (N-methyl/N-ethyl adjacent to an activating group) is 1. The SMILES string of the molecule is CN1C[C@@H](NC(=O)Cc2cccnc2)CC[C@@H](C(=O)N2CC=CCC2)C1.O=CO. The van der Waals surface area contributed by atoms with Gasteiger partial charge in [0.05, 0.1) is 12.3 Å². The number of carbonyl (C=O) groups excluding carboxylic acids is 2. The Balaban J connectivity index is 0.000000941. The van der Waals surface area contributed by atoms with Crippen LogP contribution in [0.5, 0.6) is 0 Å². The van der Waals surface area contributed by atoms with Gasteiger partial charge in [-0.15, -0.1) is 0 Å². The molecule has 0 aromatic carbocycles. The van der Waals surface area contributed by atoms with Crippen LogP contribution in [0.1, 0.15) is 24.8 Å². The summed E-state index contributed by atoms with van der Waals surface area (Å²) in [7, 11) is 2.03. The number of carbonyl (C=O) groups is 3. The third-order valence-electron chi connectivity index (χ3n) is 5.10. The van der Waals surface area contributed by atoms with Crippen LogP contribution >= 0.6 is 0 Å². The molecule has 2 aliphatic rings. The van der Waals surface area contributed by atoms with Crippen LogP contribution in [0.25, 0.3) is 0 Å². The first-order chi connectivity index (χ1) is 14.0. The molecule has 2 N–H and O–H groups in total. The van der Waals surface area contributed by atoms with Gasteiger partial charge in [-0.05, 0) is 37.9 Å². The molecule has 0 aliphatic carbocycles. The first kappa shape index (κ1) is 22.5. The quantitative estimate of drug-likeness (QED) is 0.574. The number of pyridine rings is 1. The van der Waals surface area contributed by atoms with Gasteiger partial charge in [0, 0.05) is 44.6 Å². The van der Waals surface area contributed by atoms with E-state index in [2.05, 4.69) is 27.4 Å². The van der Waals surface area contributed by atoms with Crippen LogP contribution in [0.4, 0.5) is 0 Å². The Labute approximate surface area is 171 Å². The summed E-state index contributed by atoms with van der Waals surface area (Å²) in [4.78, 5) is 41.7. The molecule has 8 nitrogen and oxygen atoms in total. The lowest BCUT2D eigenvalue weighted by atomic mass is 9.99. The number of rotatable bonds is 4. The smallest absolute Gasteiger partial charge is 0.290 e. The lowest BCUT2D eigenvalue weighted by molar-refractivity contribution is -0.135. The molecule has 8 heteroatoms. The summed E-state index contributed by atoms with van der Waals surface area (Å²) in [6, 6.07) is 3.84. The van der Waals surface area contributed by atoms with Crippen LogP contribution in [0.2, 0.25) is 0 Å². The van der Waals surface area contributed by atoms with Crippen LogP contribution in [0, 0.1) is 5.92 Å². The largest absolute Gasteiger partial charge is 0.483 e. The number of nitrogens with one attached hydrogen (secondary N) is 1. The number of aromatic nitrogens is 1. The summed E-state index contributed by atoms with van der Waals surface area (Å²) in [6.45, 7) is 2.83. The van der Waals surface area contributed by atoms with E-state index in [1.807, 2.05) is 24.1 Å². The van der Waals surface area contributed by atoms with Crippen molar-refractivity contribution in [1.29, 1.82) is 0 Å². The predicted octanol–water partition coefficient (Wildman–Crippen LogP) is 0.940. The molecule has 2 aliphatic heterocycles. The Kier molecular flexibility index (Phi) is 9.30. The van der Waals surface area contributed by atoms with Crippen LogP contribution < -0.4 is 5.32 Å². The molecule has 1 aromatic rings. The molecule has 1 fully saturated rings. The van der Waals surface area contributed by atoms with E-state index >= 15 is 0 Å². The normalized spacial score (nSPS) is 22.0. The fraction of sp³-hybridized carbons (Fsp3) is 0.524. The second kappa shape index (κ2) is 12.0. The number of hydrogen-bond acceptors (Lipinski definition) is 5. The molecule has 1 saturated heterocycles. The number of carboxylic acid groups (broad SMARTS) is 1. The average molecular weight is 402 g/mol. The van der Waals surface area contributed by atoms with Gasteiger partial charge in [-0.2, -0.15) is 0 Å². The van der Waals surface area contributed by atoms with Crippen molar-refractivity contribution in [2.24, 2.45) is 5.92 Å².